The number of ether oxygens (including phenoxy) is 2. The number of esters is 1. The second-order valence-electron chi connectivity index (χ2n) is 7.64. The monoisotopic (exact) mass is 520 g/mol. The second kappa shape index (κ2) is 10.7. The van der Waals surface area contributed by atoms with Crippen molar-refractivity contribution in [2.75, 3.05) is 11.5 Å². The fourth-order valence-electron chi connectivity index (χ4n) is 3.53. The number of anilines is 1. The van der Waals surface area contributed by atoms with Crippen molar-refractivity contribution in [3.63, 3.8) is 0 Å². The number of thioether (sulfide) groups is 1. The number of thiocarbonyl (C=S) groups is 1. The number of nitro groups is 1. The normalized spacial score (nSPS) is 14.3. The van der Waals surface area contributed by atoms with Crippen molar-refractivity contribution in [1.82, 2.24) is 0 Å². The Morgan fingerprint density at radius 3 is 2.53 bits per heavy atom. The molecule has 0 aliphatic carbocycles. The maximum Gasteiger partial charge on any atom is 0.343 e. The third-order valence-electron chi connectivity index (χ3n) is 5.21. The maximum atomic E-state index is 13.0. The molecule has 4 rings (SSSR count). The van der Waals surface area contributed by atoms with Crippen molar-refractivity contribution >= 4 is 57.6 Å². The molecule has 8 nitrogen and oxygen atoms in total. The number of aryl methyl sites for hydroxylation is 1. The molecule has 0 bridgehead atoms. The highest BCUT2D eigenvalue weighted by Crippen LogP contribution is 2.37. The summed E-state index contributed by atoms with van der Waals surface area (Å²) in [5, 5.41) is 11.0. The highest BCUT2D eigenvalue weighted by Gasteiger charge is 2.33. The van der Waals surface area contributed by atoms with Crippen LogP contribution in [-0.4, -0.2) is 27.7 Å². The van der Waals surface area contributed by atoms with Crippen molar-refractivity contribution in [2.24, 2.45) is 0 Å². The van der Waals surface area contributed by atoms with E-state index in [0.717, 1.165) is 0 Å². The highest BCUT2D eigenvalue weighted by atomic mass is 32.2. The number of amides is 1. The largest absolute Gasteiger partial charge is 0.490 e. The fourth-order valence-corrected chi connectivity index (χ4v) is 4.83. The molecule has 3 aromatic rings. The van der Waals surface area contributed by atoms with E-state index in [1.54, 1.807) is 38.1 Å². The number of para-hydroxylation sites is 1. The average Bonchev–Trinajstić information content (AvgIpc) is 3.13. The van der Waals surface area contributed by atoms with Gasteiger partial charge in [-0.05, 0) is 61.9 Å². The van der Waals surface area contributed by atoms with E-state index in [9.17, 15) is 19.7 Å². The molecule has 1 aliphatic rings. The zero-order chi connectivity index (χ0) is 25.8. The molecule has 0 aromatic heterocycles. The van der Waals surface area contributed by atoms with Gasteiger partial charge in [0.25, 0.3) is 11.6 Å². The molecule has 10 heteroatoms. The molecule has 1 aliphatic heterocycles. The lowest BCUT2D eigenvalue weighted by Crippen LogP contribution is -2.27. The molecule has 0 spiro atoms. The second-order valence-corrected chi connectivity index (χ2v) is 9.32. The van der Waals surface area contributed by atoms with Crippen LogP contribution in [-0.2, 0) is 4.79 Å². The van der Waals surface area contributed by atoms with Crippen LogP contribution in [0.1, 0.15) is 28.4 Å². The van der Waals surface area contributed by atoms with Crippen LogP contribution in [0.4, 0.5) is 11.4 Å². The van der Waals surface area contributed by atoms with E-state index < -0.39 is 10.9 Å². The predicted octanol–water partition coefficient (Wildman–Crippen LogP) is 5.93. The quantitative estimate of drug-likeness (QED) is 0.0944. The van der Waals surface area contributed by atoms with Crippen LogP contribution in [0, 0.1) is 17.0 Å². The third kappa shape index (κ3) is 5.29. The zero-order valence-corrected chi connectivity index (χ0v) is 20.9. The van der Waals surface area contributed by atoms with E-state index in [0.29, 0.717) is 38.4 Å². The lowest BCUT2D eigenvalue weighted by molar-refractivity contribution is -0.385. The Morgan fingerprint density at radius 1 is 1.11 bits per heavy atom. The van der Waals surface area contributed by atoms with E-state index in [4.69, 9.17) is 21.7 Å². The zero-order valence-electron chi connectivity index (χ0n) is 19.3. The number of carbonyl (C=O) groups excluding carboxylic acids is 2. The molecule has 0 N–H and O–H groups in total. The summed E-state index contributed by atoms with van der Waals surface area (Å²) < 4.78 is 11.6. The SMILES string of the molecule is CCOc1cc(/C=C2/SC(=S)N(c3ccccc3)C2=O)ccc1OC(=O)c1ccc([N+](=O)[O-])c(C)c1. The highest BCUT2D eigenvalue weighted by molar-refractivity contribution is 8.27. The van der Waals surface area contributed by atoms with Gasteiger partial charge in [0.2, 0.25) is 0 Å². The first kappa shape index (κ1) is 25.1. The van der Waals surface area contributed by atoms with E-state index in [2.05, 4.69) is 0 Å². The number of hydrogen-bond donors (Lipinski definition) is 0. The van der Waals surface area contributed by atoms with Gasteiger partial charge in [0, 0.05) is 11.6 Å². The van der Waals surface area contributed by atoms with Gasteiger partial charge in [0.15, 0.2) is 15.8 Å². The lowest BCUT2D eigenvalue weighted by Gasteiger charge is -2.14. The summed E-state index contributed by atoms with van der Waals surface area (Å²) in [5.74, 6) is -0.396. The van der Waals surface area contributed by atoms with Gasteiger partial charge in [-0.15, -0.1) is 0 Å². The number of nitro benzene ring substituents is 1. The predicted molar refractivity (Wildman–Crippen MR) is 142 cm³/mol. The van der Waals surface area contributed by atoms with E-state index in [1.807, 2.05) is 30.3 Å². The minimum atomic E-state index is -0.676. The third-order valence-corrected chi connectivity index (χ3v) is 6.51. The summed E-state index contributed by atoms with van der Waals surface area (Å²) in [4.78, 5) is 38.2. The number of nitrogens with zero attached hydrogens (tertiary/aromatic N) is 2. The van der Waals surface area contributed by atoms with Crippen molar-refractivity contribution in [3.8, 4) is 11.5 Å². The Bertz CT molecular complexity index is 1400. The first-order chi connectivity index (χ1) is 17.3. The Morgan fingerprint density at radius 2 is 1.86 bits per heavy atom. The summed E-state index contributed by atoms with van der Waals surface area (Å²) >= 11 is 6.62. The summed E-state index contributed by atoms with van der Waals surface area (Å²) in [5.41, 5.74) is 1.81. The number of carbonyl (C=O) groups is 2. The van der Waals surface area contributed by atoms with Gasteiger partial charge in [-0.2, -0.15) is 0 Å². The fraction of sp³-hybridized carbons (Fsp3) is 0.115. The first-order valence-electron chi connectivity index (χ1n) is 10.9. The Kier molecular flexibility index (Phi) is 7.47. The van der Waals surface area contributed by atoms with Gasteiger partial charge in [-0.3, -0.25) is 19.8 Å². The number of hydrogen-bond acceptors (Lipinski definition) is 8. The van der Waals surface area contributed by atoms with Crippen molar-refractivity contribution in [3.05, 3.63) is 98.4 Å². The van der Waals surface area contributed by atoms with Gasteiger partial charge in [-0.1, -0.05) is 48.2 Å². The van der Waals surface area contributed by atoms with Gasteiger partial charge in [0.1, 0.15) is 0 Å². The average molecular weight is 521 g/mol. The Labute approximate surface area is 216 Å². The molecule has 0 saturated carbocycles. The van der Waals surface area contributed by atoms with Crippen molar-refractivity contribution in [2.45, 2.75) is 13.8 Å². The number of benzene rings is 3. The minimum Gasteiger partial charge on any atom is -0.490 e. The smallest absolute Gasteiger partial charge is 0.343 e. The van der Waals surface area contributed by atoms with Crippen LogP contribution in [0.15, 0.2) is 71.6 Å². The van der Waals surface area contributed by atoms with Gasteiger partial charge in [-0.25, -0.2) is 4.79 Å². The standard InChI is InChI=1S/C26H20N2O6S2/c1-3-33-22-14-17(15-23-24(29)27(26(35)36-23)19-7-5-4-6-8-19)9-12-21(22)34-25(30)18-10-11-20(28(31)32)16(2)13-18/h4-15H,3H2,1-2H3/b23-15+. The summed E-state index contributed by atoms with van der Waals surface area (Å²) in [6, 6.07) is 18.1. The Hall–Kier alpha value is -4.02. The molecule has 1 heterocycles. The minimum absolute atomic E-state index is 0.0800. The topological polar surface area (TPSA) is 99.0 Å². The van der Waals surface area contributed by atoms with Crippen LogP contribution in [0.2, 0.25) is 0 Å². The summed E-state index contributed by atoms with van der Waals surface area (Å²) in [7, 11) is 0. The van der Waals surface area contributed by atoms with Gasteiger partial charge >= 0.3 is 5.97 Å². The Balaban J connectivity index is 1.57. The first-order valence-corrected chi connectivity index (χ1v) is 12.1. The van der Waals surface area contributed by atoms with Crippen molar-refractivity contribution in [1.29, 1.82) is 0 Å². The molecule has 36 heavy (non-hydrogen) atoms. The molecular weight excluding hydrogens is 500 g/mol. The van der Waals surface area contributed by atoms with Crippen LogP contribution in [0.5, 0.6) is 11.5 Å². The maximum absolute atomic E-state index is 13.0. The van der Waals surface area contributed by atoms with Crippen LogP contribution < -0.4 is 14.4 Å². The lowest BCUT2D eigenvalue weighted by atomic mass is 10.1. The van der Waals surface area contributed by atoms with Gasteiger partial charge < -0.3 is 9.47 Å². The van der Waals surface area contributed by atoms with Crippen molar-refractivity contribution < 1.29 is 24.0 Å². The molecule has 1 fully saturated rings. The molecule has 1 amide bonds. The van der Waals surface area contributed by atoms with E-state index >= 15 is 0 Å². The van der Waals surface area contributed by atoms with Crippen LogP contribution >= 0.6 is 24.0 Å². The molecule has 1 saturated heterocycles. The molecular formula is C26H20N2O6S2. The molecule has 3 aromatic carbocycles. The molecule has 0 unspecified atom stereocenters. The van der Waals surface area contributed by atoms with Crippen LogP contribution in [0.3, 0.4) is 0 Å². The summed E-state index contributed by atoms with van der Waals surface area (Å²) in [6.07, 6.45) is 1.70. The summed E-state index contributed by atoms with van der Waals surface area (Å²) in [6.45, 7) is 3.67. The number of rotatable bonds is 7. The molecule has 0 radical (unpaired) electrons. The molecule has 0 atom stereocenters. The van der Waals surface area contributed by atoms with Crippen LogP contribution in [0.25, 0.3) is 6.08 Å². The van der Waals surface area contributed by atoms with E-state index in [1.165, 1.54) is 34.9 Å². The van der Waals surface area contributed by atoms with Gasteiger partial charge in [0.05, 0.1) is 27.7 Å². The molecule has 182 valence electrons. The van der Waals surface area contributed by atoms with E-state index in [-0.39, 0.29) is 22.9 Å².